The summed E-state index contributed by atoms with van der Waals surface area (Å²) < 4.78 is 2.14. The van der Waals surface area contributed by atoms with Crippen LogP contribution in [0.4, 0.5) is 5.69 Å². The third-order valence-electron chi connectivity index (χ3n) is 6.52. The van der Waals surface area contributed by atoms with E-state index in [2.05, 4.69) is 50.1 Å². The van der Waals surface area contributed by atoms with Crippen molar-refractivity contribution in [2.45, 2.75) is 25.6 Å². The molecule has 1 aliphatic heterocycles. The van der Waals surface area contributed by atoms with Crippen LogP contribution in [0, 0.1) is 11.3 Å². The SMILES string of the molecule is N#Cc1ccc(Cn2cncc2CNC2CN(c3cccc(Cl)c3Cl)CCc3ccccc32)cc1. The van der Waals surface area contributed by atoms with Crippen LogP contribution in [0.5, 0.6) is 0 Å². The summed E-state index contributed by atoms with van der Waals surface area (Å²) in [6.07, 6.45) is 4.70. The molecule has 1 N–H and O–H groups in total. The molecule has 0 aliphatic carbocycles. The monoisotopic (exact) mass is 501 g/mol. The molecule has 176 valence electrons. The first-order valence-electron chi connectivity index (χ1n) is 11.6. The van der Waals surface area contributed by atoms with Gasteiger partial charge in [0, 0.05) is 32.4 Å². The Balaban J connectivity index is 1.36. The lowest BCUT2D eigenvalue weighted by Crippen LogP contribution is -2.34. The van der Waals surface area contributed by atoms with E-state index in [1.54, 1.807) is 0 Å². The van der Waals surface area contributed by atoms with E-state index in [9.17, 15) is 0 Å². The molecule has 3 aromatic carbocycles. The number of rotatable bonds is 6. The molecule has 2 heterocycles. The Morgan fingerprint density at radius 3 is 2.69 bits per heavy atom. The van der Waals surface area contributed by atoms with Crippen molar-refractivity contribution in [2.24, 2.45) is 0 Å². The number of fused-ring (bicyclic) bond motifs is 1. The fourth-order valence-electron chi connectivity index (χ4n) is 4.64. The number of hydrogen-bond acceptors (Lipinski definition) is 4. The fraction of sp³-hybridized carbons (Fsp3) is 0.214. The third kappa shape index (κ3) is 5.21. The van der Waals surface area contributed by atoms with E-state index in [1.165, 1.54) is 11.1 Å². The molecule has 0 spiro atoms. The highest BCUT2D eigenvalue weighted by molar-refractivity contribution is 6.43. The zero-order valence-electron chi connectivity index (χ0n) is 19.2. The van der Waals surface area contributed by atoms with E-state index in [0.29, 0.717) is 28.7 Å². The summed E-state index contributed by atoms with van der Waals surface area (Å²) in [4.78, 5) is 6.71. The van der Waals surface area contributed by atoms with Gasteiger partial charge in [0.1, 0.15) is 0 Å². The minimum atomic E-state index is 0.113. The molecule has 0 saturated carbocycles. The van der Waals surface area contributed by atoms with Crippen molar-refractivity contribution in [1.29, 1.82) is 5.26 Å². The molecular formula is C28H25Cl2N5. The number of imidazole rings is 1. The van der Waals surface area contributed by atoms with Gasteiger partial charge in [0.2, 0.25) is 0 Å². The lowest BCUT2D eigenvalue weighted by atomic mass is 9.99. The van der Waals surface area contributed by atoms with E-state index < -0.39 is 0 Å². The maximum Gasteiger partial charge on any atom is 0.0991 e. The third-order valence-corrected chi connectivity index (χ3v) is 7.33. The predicted octanol–water partition coefficient (Wildman–Crippen LogP) is 6.00. The minimum absolute atomic E-state index is 0.113. The summed E-state index contributed by atoms with van der Waals surface area (Å²) in [5, 5.41) is 14.0. The number of nitrogens with one attached hydrogen (secondary N) is 1. The Labute approximate surface area is 215 Å². The Morgan fingerprint density at radius 2 is 1.86 bits per heavy atom. The maximum absolute atomic E-state index is 9.04. The molecule has 5 rings (SSSR count). The lowest BCUT2D eigenvalue weighted by Gasteiger charge is -2.28. The van der Waals surface area contributed by atoms with Gasteiger partial charge in [-0.1, -0.05) is 65.7 Å². The van der Waals surface area contributed by atoms with Crippen LogP contribution in [0.3, 0.4) is 0 Å². The van der Waals surface area contributed by atoms with Crippen molar-refractivity contribution in [2.75, 3.05) is 18.0 Å². The van der Waals surface area contributed by atoms with Gasteiger partial charge in [-0.15, -0.1) is 0 Å². The number of anilines is 1. The summed E-state index contributed by atoms with van der Waals surface area (Å²) in [5.41, 5.74) is 6.51. The number of aromatic nitrogens is 2. The molecule has 0 amide bonds. The van der Waals surface area contributed by atoms with Crippen LogP contribution < -0.4 is 10.2 Å². The molecular weight excluding hydrogens is 477 g/mol. The van der Waals surface area contributed by atoms with Gasteiger partial charge in [-0.3, -0.25) is 0 Å². The second-order valence-electron chi connectivity index (χ2n) is 8.72. The van der Waals surface area contributed by atoms with E-state index in [0.717, 1.165) is 36.5 Å². The number of nitrogens with zero attached hydrogens (tertiary/aromatic N) is 4. The molecule has 0 saturated heterocycles. The normalized spacial score (nSPS) is 15.3. The van der Waals surface area contributed by atoms with Gasteiger partial charge in [-0.2, -0.15) is 5.26 Å². The van der Waals surface area contributed by atoms with Gasteiger partial charge < -0.3 is 14.8 Å². The van der Waals surface area contributed by atoms with E-state index in [4.69, 9.17) is 28.5 Å². The summed E-state index contributed by atoms with van der Waals surface area (Å²) in [6, 6.07) is 24.4. The quantitative estimate of drug-likeness (QED) is 0.351. The number of hydrogen-bond donors (Lipinski definition) is 1. The van der Waals surface area contributed by atoms with Gasteiger partial charge in [-0.05, 0) is 47.4 Å². The van der Waals surface area contributed by atoms with E-state index in [-0.39, 0.29) is 6.04 Å². The number of nitriles is 1. The first kappa shape index (κ1) is 23.4. The summed E-state index contributed by atoms with van der Waals surface area (Å²) in [7, 11) is 0. The Bertz CT molecular complexity index is 1360. The average Bonchev–Trinajstić information content (AvgIpc) is 3.24. The lowest BCUT2D eigenvalue weighted by molar-refractivity contribution is 0.516. The molecule has 1 aliphatic rings. The molecule has 7 heteroatoms. The molecule has 4 aromatic rings. The van der Waals surface area contributed by atoms with Crippen LogP contribution in [0.1, 0.15) is 34.0 Å². The second-order valence-corrected chi connectivity index (χ2v) is 9.51. The van der Waals surface area contributed by atoms with Crippen LogP contribution in [-0.2, 0) is 19.5 Å². The topological polar surface area (TPSA) is 56.9 Å². The van der Waals surface area contributed by atoms with Crippen molar-refractivity contribution < 1.29 is 0 Å². The number of halogens is 2. The Morgan fingerprint density at radius 1 is 1.03 bits per heavy atom. The van der Waals surface area contributed by atoms with Crippen molar-refractivity contribution in [3.63, 3.8) is 0 Å². The Kier molecular flexibility index (Phi) is 7.06. The van der Waals surface area contributed by atoms with E-state index >= 15 is 0 Å². The summed E-state index contributed by atoms with van der Waals surface area (Å²) in [6.45, 7) is 3.02. The minimum Gasteiger partial charge on any atom is -0.368 e. The Hall–Kier alpha value is -3.30. The highest BCUT2D eigenvalue weighted by Gasteiger charge is 2.24. The van der Waals surface area contributed by atoms with Crippen molar-refractivity contribution in [3.05, 3.63) is 117 Å². The summed E-state index contributed by atoms with van der Waals surface area (Å²) >= 11 is 12.9. The van der Waals surface area contributed by atoms with Crippen molar-refractivity contribution >= 4 is 28.9 Å². The van der Waals surface area contributed by atoms with Gasteiger partial charge in [0.05, 0.1) is 45.4 Å². The average molecular weight is 502 g/mol. The molecule has 1 unspecified atom stereocenters. The van der Waals surface area contributed by atoms with Crippen molar-refractivity contribution in [3.8, 4) is 6.07 Å². The fourth-order valence-corrected chi connectivity index (χ4v) is 5.06. The van der Waals surface area contributed by atoms with Gasteiger partial charge in [0.25, 0.3) is 0 Å². The van der Waals surface area contributed by atoms with Crippen LogP contribution >= 0.6 is 23.2 Å². The first-order chi connectivity index (χ1) is 17.1. The number of benzene rings is 3. The zero-order chi connectivity index (χ0) is 24.2. The van der Waals surface area contributed by atoms with Gasteiger partial charge in [0.15, 0.2) is 0 Å². The molecule has 5 nitrogen and oxygen atoms in total. The predicted molar refractivity (Wildman–Crippen MR) is 141 cm³/mol. The zero-order valence-corrected chi connectivity index (χ0v) is 20.7. The van der Waals surface area contributed by atoms with Gasteiger partial charge in [-0.25, -0.2) is 4.98 Å². The largest absolute Gasteiger partial charge is 0.368 e. The molecule has 0 fully saturated rings. The van der Waals surface area contributed by atoms with E-state index in [1.807, 2.05) is 55.0 Å². The second kappa shape index (κ2) is 10.5. The summed E-state index contributed by atoms with van der Waals surface area (Å²) in [5.74, 6) is 0. The molecule has 35 heavy (non-hydrogen) atoms. The van der Waals surface area contributed by atoms with Crippen LogP contribution in [0.2, 0.25) is 10.0 Å². The maximum atomic E-state index is 9.04. The standard InChI is InChI=1S/C28H25Cl2N5/c29-25-6-3-7-27(28(25)30)34-13-12-22-4-1-2-5-24(22)26(18-34)33-16-23-15-32-19-35(23)17-21-10-8-20(14-31)9-11-21/h1-11,15,19,26,33H,12-13,16-18H2. The molecule has 1 aromatic heterocycles. The van der Waals surface area contributed by atoms with Gasteiger partial charge >= 0.3 is 0 Å². The molecule has 0 radical (unpaired) electrons. The molecule has 1 atom stereocenters. The highest BCUT2D eigenvalue weighted by atomic mass is 35.5. The van der Waals surface area contributed by atoms with Crippen molar-refractivity contribution in [1.82, 2.24) is 14.9 Å². The highest BCUT2D eigenvalue weighted by Crippen LogP contribution is 2.35. The van der Waals surface area contributed by atoms with Crippen LogP contribution in [0.15, 0.2) is 79.3 Å². The first-order valence-corrected chi connectivity index (χ1v) is 12.4. The smallest absolute Gasteiger partial charge is 0.0991 e. The van der Waals surface area contributed by atoms with Crippen LogP contribution in [-0.4, -0.2) is 22.6 Å². The molecule has 0 bridgehead atoms. The van der Waals surface area contributed by atoms with Crippen LogP contribution in [0.25, 0.3) is 0 Å².